The fraction of sp³-hybridized carbons (Fsp3) is 0.0938. The van der Waals surface area contributed by atoms with Crippen LogP contribution in [0, 0.1) is 0 Å². The topological polar surface area (TPSA) is 17.8 Å². The lowest BCUT2D eigenvalue weighted by molar-refractivity contribution is 1.18. The van der Waals surface area contributed by atoms with E-state index >= 15 is 0 Å². The van der Waals surface area contributed by atoms with Crippen LogP contribution in [-0.2, 0) is 0 Å². The molecule has 2 heterocycles. The van der Waals surface area contributed by atoms with Gasteiger partial charge in [0, 0.05) is 28.2 Å². The summed E-state index contributed by atoms with van der Waals surface area (Å²) in [5.74, 6) is 0. The molecule has 170 valence electrons. The number of fused-ring (bicyclic) bond motifs is 3. The number of hydrogen-bond donors (Lipinski definition) is 0. The molecule has 6 rings (SSSR count). The Labute approximate surface area is 207 Å². The molecule has 6 aromatic rings. The summed E-state index contributed by atoms with van der Waals surface area (Å²) < 4.78 is 2.36. The van der Waals surface area contributed by atoms with Crippen molar-refractivity contribution in [2.75, 3.05) is 0 Å². The molecular formula is C32H28N2Si. The summed E-state index contributed by atoms with van der Waals surface area (Å²) in [6.07, 6.45) is 2.03. The highest BCUT2D eigenvalue weighted by Crippen LogP contribution is 2.35. The van der Waals surface area contributed by atoms with Gasteiger partial charge in [-0.2, -0.15) is 0 Å². The average molecular weight is 469 g/mol. The summed E-state index contributed by atoms with van der Waals surface area (Å²) in [7, 11) is -1.66. The molecule has 2 aromatic heterocycles. The van der Waals surface area contributed by atoms with Gasteiger partial charge in [0.05, 0.1) is 24.8 Å². The van der Waals surface area contributed by atoms with Crippen molar-refractivity contribution in [2.24, 2.45) is 0 Å². The van der Waals surface area contributed by atoms with Crippen molar-refractivity contribution in [2.45, 2.75) is 19.6 Å². The van der Waals surface area contributed by atoms with Gasteiger partial charge in [0.2, 0.25) is 0 Å². The van der Waals surface area contributed by atoms with Gasteiger partial charge in [0.15, 0.2) is 0 Å². The zero-order valence-corrected chi connectivity index (χ0v) is 21.4. The summed E-state index contributed by atoms with van der Waals surface area (Å²) in [5, 5.41) is 3.92. The standard InChI is InChI=1S/C32H28N2Si/c1-35(2,3)31-21-25(23-12-6-4-7-13-23)22-33-32(31)24-18-19-30-28(20-24)27-16-10-11-17-29(27)34(30)26-14-8-5-9-15-26/h4-22H,1-3H3. The molecule has 0 unspecified atom stereocenters. The molecule has 0 amide bonds. The summed E-state index contributed by atoms with van der Waals surface area (Å²) in [5.41, 5.74) is 8.33. The van der Waals surface area contributed by atoms with Gasteiger partial charge in [-0.3, -0.25) is 4.98 Å². The van der Waals surface area contributed by atoms with Crippen molar-refractivity contribution < 1.29 is 0 Å². The lowest BCUT2D eigenvalue weighted by atomic mass is 10.0. The first-order chi connectivity index (χ1) is 17.0. The molecule has 0 spiro atoms. The minimum absolute atomic E-state index is 1.11. The molecule has 0 aliphatic rings. The number of rotatable bonds is 4. The van der Waals surface area contributed by atoms with E-state index in [-0.39, 0.29) is 0 Å². The van der Waals surface area contributed by atoms with E-state index in [1.165, 1.54) is 49.4 Å². The summed E-state index contributed by atoms with van der Waals surface area (Å²) in [6.45, 7) is 7.21. The van der Waals surface area contributed by atoms with Crippen molar-refractivity contribution in [3.63, 3.8) is 0 Å². The van der Waals surface area contributed by atoms with Gasteiger partial charge in [-0.05, 0) is 46.6 Å². The molecule has 0 saturated heterocycles. The monoisotopic (exact) mass is 468 g/mol. The largest absolute Gasteiger partial charge is 0.309 e. The summed E-state index contributed by atoms with van der Waals surface area (Å²) >= 11 is 0. The van der Waals surface area contributed by atoms with Crippen molar-refractivity contribution >= 4 is 35.1 Å². The van der Waals surface area contributed by atoms with Gasteiger partial charge < -0.3 is 4.57 Å². The average Bonchev–Trinajstić information content (AvgIpc) is 3.22. The maximum Gasteiger partial charge on any atom is 0.0804 e. The maximum absolute atomic E-state index is 5.07. The van der Waals surface area contributed by atoms with Crippen LogP contribution >= 0.6 is 0 Å². The quantitative estimate of drug-likeness (QED) is 0.239. The van der Waals surface area contributed by atoms with Crippen LogP contribution in [-0.4, -0.2) is 17.6 Å². The Bertz CT molecular complexity index is 1660. The Hall–Kier alpha value is -3.95. The van der Waals surface area contributed by atoms with Crippen molar-refractivity contribution in [3.05, 3.63) is 115 Å². The molecule has 2 nitrogen and oxygen atoms in total. The van der Waals surface area contributed by atoms with Crippen LogP contribution in [0.4, 0.5) is 0 Å². The van der Waals surface area contributed by atoms with E-state index in [1.54, 1.807) is 0 Å². The zero-order valence-electron chi connectivity index (χ0n) is 20.4. The second-order valence-electron chi connectivity index (χ2n) is 10.2. The van der Waals surface area contributed by atoms with Gasteiger partial charge in [-0.25, -0.2) is 0 Å². The Morgan fingerprint density at radius 3 is 1.97 bits per heavy atom. The van der Waals surface area contributed by atoms with Crippen LogP contribution < -0.4 is 5.19 Å². The molecule has 0 bridgehead atoms. The second-order valence-corrected chi connectivity index (χ2v) is 15.2. The van der Waals surface area contributed by atoms with E-state index < -0.39 is 8.07 Å². The number of para-hydroxylation sites is 2. The highest BCUT2D eigenvalue weighted by atomic mass is 28.3. The highest BCUT2D eigenvalue weighted by Gasteiger charge is 2.23. The third kappa shape index (κ3) is 3.78. The van der Waals surface area contributed by atoms with E-state index in [1.807, 2.05) is 6.20 Å². The van der Waals surface area contributed by atoms with Crippen molar-refractivity contribution in [3.8, 4) is 28.1 Å². The predicted molar refractivity (Wildman–Crippen MR) is 152 cm³/mol. The molecule has 4 aromatic carbocycles. The van der Waals surface area contributed by atoms with E-state index in [0.29, 0.717) is 0 Å². The Morgan fingerprint density at radius 2 is 1.23 bits per heavy atom. The molecule has 0 saturated carbocycles. The smallest absolute Gasteiger partial charge is 0.0804 e. The first-order valence-corrected chi connectivity index (χ1v) is 15.7. The molecule has 0 fully saturated rings. The van der Waals surface area contributed by atoms with Crippen molar-refractivity contribution in [1.82, 2.24) is 9.55 Å². The van der Waals surface area contributed by atoms with Gasteiger partial charge >= 0.3 is 0 Å². The van der Waals surface area contributed by atoms with Crippen LogP contribution in [0.1, 0.15) is 0 Å². The maximum atomic E-state index is 5.07. The molecule has 0 aliphatic carbocycles. The fourth-order valence-electron chi connectivity index (χ4n) is 5.03. The van der Waals surface area contributed by atoms with E-state index in [4.69, 9.17) is 4.98 Å². The van der Waals surface area contributed by atoms with Gasteiger partial charge in [0.1, 0.15) is 0 Å². The number of benzene rings is 4. The minimum Gasteiger partial charge on any atom is -0.309 e. The molecule has 3 heteroatoms. The molecule has 0 N–H and O–H groups in total. The van der Waals surface area contributed by atoms with E-state index in [2.05, 4.69) is 133 Å². The summed E-state index contributed by atoms with van der Waals surface area (Å²) in [6, 6.07) is 39.1. The number of aromatic nitrogens is 2. The minimum atomic E-state index is -1.66. The molecular weight excluding hydrogens is 440 g/mol. The number of pyridine rings is 1. The van der Waals surface area contributed by atoms with Gasteiger partial charge in [-0.1, -0.05) is 98.5 Å². The molecule has 35 heavy (non-hydrogen) atoms. The van der Waals surface area contributed by atoms with Crippen LogP contribution in [0.3, 0.4) is 0 Å². The fourth-order valence-corrected chi connectivity index (χ4v) is 6.54. The molecule has 0 atom stereocenters. The second kappa shape index (κ2) is 8.37. The Balaban J connectivity index is 1.58. The Kier molecular flexibility index (Phi) is 5.16. The van der Waals surface area contributed by atoms with E-state index in [0.717, 1.165) is 5.69 Å². The van der Waals surface area contributed by atoms with E-state index in [9.17, 15) is 0 Å². The normalized spacial score (nSPS) is 11.9. The SMILES string of the molecule is C[Si](C)(C)c1cc(-c2ccccc2)cnc1-c1ccc2c(c1)c1ccccc1n2-c1ccccc1. The van der Waals surface area contributed by atoms with Crippen LogP contribution in [0.2, 0.25) is 19.6 Å². The van der Waals surface area contributed by atoms with Gasteiger partial charge in [0.25, 0.3) is 0 Å². The molecule has 0 aliphatic heterocycles. The Morgan fingerprint density at radius 1 is 0.571 bits per heavy atom. The first-order valence-electron chi connectivity index (χ1n) is 12.2. The molecule has 0 radical (unpaired) electrons. The van der Waals surface area contributed by atoms with Gasteiger partial charge in [-0.15, -0.1) is 0 Å². The number of nitrogens with zero attached hydrogens (tertiary/aromatic N) is 2. The van der Waals surface area contributed by atoms with Crippen molar-refractivity contribution in [1.29, 1.82) is 0 Å². The lowest BCUT2D eigenvalue weighted by Gasteiger charge is -2.22. The lowest BCUT2D eigenvalue weighted by Crippen LogP contribution is -2.39. The first kappa shape index (κ1) is 21.6. The van der Waals surface area contributed by atoms with Crippen LogP contribution in [0.15, 0.2) is 115 Å². The third-order valence-corrected chi connectivity index (χ3v) is 8.76. The zero-order chi connectivity index (χ0) is 24.0. The predicted octanol–water partition coefficient (Wildman–Crippen LogP) is 8.06. The third-order valence-electron chi connectivity index (χ3n) is 6.76. The highest BCUT2D eigenvalue weighted by molar-refractivity contribution is 6.89. The van der Waals surface area contributed by atoms with Crippen LogP contribution in [0.5, 0.6) is 0 Å². The van der Waals surface area contributed by atoms with Crippen LogP contribution in [0.25, 0.3) is 49.9 Å². The summed E-state index contributed by atoms with van der Waals surface area (Å²) in [4.78, 5) is 5.07. The number of hydrogen-bond acceptors (Lipinski definition) is 1.